The lowest BCUT2D eigenvalue weighted by Gasteiger charge is -2.07. The molecule has 0 unspecified atom stereocenters. The fourth-order valence-electron chi connectivity index (χ4n) is 1.18. The first kappa shape index (κ1) is 12.8. The Kier molecular flexibility index (Phi) is 4.80. The average Bonchev–Trinajstić information content (AvgIpc) is 2.27. The van der Waals surface area contributed by atoms with Gasteiger partial charge in [0.1, 0.15) is 5.75 Å². The average molecular weight is 238 g/mol. The van der Waals surface area contributed by atoms with Crippen LogP contribution in [0.25, 0.3) is 0 Å². The van der Waals surface area contributed by atoms with Crippen molar-refractivity contribution in [1.29, 1.82) is 0 Å². The van der Waals surface area contributed by atoms with Gasteiger partial charge in [-0.2, -0.15) is 0 Å². The molecule has 0 aliphatic heterocycles. The smallest absolute Gasteiger partial charge is 0.315 e. The molecule has 0 radical (unpaired) electrons. The van der Waals surface area contributed by atoms with Crippen LogP contribution in [0.1, 0.15) is 12.0 Å². The summed E-state index contributed by atoms with van der Waals surface area (Å²) in [6.45, 7) is 0.257. The van der Waals surface area contributed by atoms with E-state index in [4.69, 9.17) is 5.11 Å². The number of aliphatic carboxylic acids is 1. The molecule has 1 aromatic carbocycles. The quantitative estimate of drug-likeness (QED) is 0.605. The van der Waals surface area contributed by atoms with Gasteiger partial charge >= 0.3 is 12.0 Å². The second-order valence-corrected chi connectivity index (χ2v) is 3.38. The predicted molar refractivity (Wildman–Crippen MR) is 60.6 cm³/mol. The number of rotatable bonds is 5. The van der Waals surface area contributed by atoms with E-state index >= 15 is 0 Å². The molecule has 2 amide bonds. The topological polar surface area (TPSA) is 98.7 Å². The number of benzene rings is 1. The Morgan fingerprint density at radius 3 is 2.53 bits per heavy atom. The van der Waals surface area contributed by atoms with Crippen molar-refractivity contribution in [2.24, 2.45) is 0 Å². The number of amides is 2. The monoisotopic (exact) mass is 238 g/mol. The lowest BCUT2D eigenvalue weighted by atomic mass is 10.2. The van der Waals surface area contributed by atoms with E-state index < -0.39 is 12.0 Å². The molecule has 4 N–H and O–H groups in total. The van der Waals surface area contributed by atoms with E-state index in [1.807, 2.05) is 0 Å². The zero-order chi connectivity index (χ0) is 12.7. The van der Waals surface area contributed by atoms with Crippen LogP contribution in [0.5, 0.6) is 5.75 Å². The zero-order valence-corrected chi connectivity index (χ0v) is 9.14. The van der Waals surface area contributed by atoms with Gasteiger partial charge in [0.25, 0.3) is 0 Å². The summed E-state index contributed by atoms with van der Waals surface area (Å²) in [7, 11) is 0. The van der Waals surface area contributed by atoms with Crippen molar-refractivity contribution in [3.8, 4) is 5.75 Å². The minimum atomic E-state index is -0.967. The van der Waals surface area contributed by atoms with Gasteiger partial charge in [-0.3, -0.25) is 4.79 Å². The Bertz CT molecular complexity index is 406. The van der Waals surface area contributed by atoms with Crippen molar-refractivity contribution in [2.45, 2.75) is 13.0 Å². The molecule has 0 aromatic heterocycles. The molecule has 1 aromatic rings. The first-order valence-electron chi connectivity index (χ1n) is 5.10. The van der Waals surface area contributed by atoms with Crippen LogP contribution < -0.4 is 10.6 Å². The van der Waals surface area contributed by atoms with Gasteiger partial charge in [0.15, 0.2) is 0 Å². The highest BCUT2D eigenvalue weighted by molar-refractivity contribution is 5.75. The lowest BCUT2D eigenvalue weighted by molar-refractivity contribution is -0.136. The Balaban J connectivity index is 2.29. The van der Waals surface area contributed by atoms with Gasteiger partial charge in [-0.1, -0.05) is 18.2 Å². The van der Waals surface area contributed by atoms with E-state index in [0.717, 1.165) is 0 Å². The van der Waals surface area contributed by atoms with Crippen molar-refractivity contribution in [2.75, 3.05) is 6.54 Å². The van der Waals surface area contributed by atoms with Crippen molar-refractivity contribution in [3.05, 3.63) is 29.8 Å². The summed E-state index contributed by atoms with van der Waals surface area (Å²) in [6.07, 6.45) is -0.121. The molecule has 6 heteroatoms. The van der Waals surface area contributed by atoms with Crippen LogP contribution in [0.4, 0.5) is 4.79 Å². The molecule has 1 rings (SSSR count). The molecule has 0 heterocycles. The fraction of sp³-hybridized carbons (Fsp3) is 0.273. The van der Waals surface area contributed by atoms with Crippen LogP contribution in [0.2, 0.25) is 0 Å². The van der Waals surface area contributed by atoms with Gasteiger partial charge in [0.2, 0.25) is 0 Å². The minimum absolute atomic E-state index is 0.0714. The molecule has 17 heavy (non-hydrogen) atoms. The van der Waals surface area contributed by atoms with Crippen LogP contribution >= 0.6 is 0 Å². The minimum Gasteiger partial charge on any atom is -0.508 e. The van der Waals surface area contributed by atoms with Crippen molar-refractivity contribution in [1.82, 2.24) is 10.6 Å². The highest BCUT2D eigenvalue weighted by Crippen LogP contribution is 2.14. The van der Waals surface area contributed by atoms with E-state index in [2.05, 4.69) is 10.6 Å². The van der Waals surface area contributed by atoms with Gasteiger partial charge in [-0.25, -0.2) is 4.79 Å². The summed E-state index contributed by atoms with van der Waals surface area (Å²) < 4.78 is 0. The second-order valence-electron chi connectivity index (χ2n) is 3.38. The molecule has 0 saturated heterocycles. The van der Waals surface area contributed by atoms with Crippen LogP contribution in [0.3, 0.4) is 0 Å². The maximum absolute atomic E-state index is 11.2. The number of carbonyl (C=O) groups excluding carboxylic acids is 1. The number of carbonyl (C=O) groups is 2. The maximum Gasteiger partial charge on any atom is 0.315 e. The Morgan fingerprint density at radius 2 is 1.88 bits per heavy atom. The number of phenolic OH excluding ortho intramolecular Hbond substituents is 1. The third-order valence-electron chi connectivity index (χ3n) is 2.06. The Hall–Kier alpha value is -2.24. The molecule has 0 saturated carbocycles. The Labute approximate surface area is 98.3 Å². The van der Waals surface area contributed by atoms with Crippen LogP contribution in [0, 0.1) is 0 Å². The number of carboxylic acids is 1. The molecule has 0 spiro atoms. The first-order chi connectivity index (χ1) is 8.09. The van der Waals surface area contributed by atoms with Crippen molar-refractivity contribution >= 4 is 12.0 Å². The third kappa shape index (κ3) is 4.87. The van der Waals surface area contributed by atoms with E-state index in [-0.39, 0.29) is 25.3 Å². The SMILES string of the molecule is O=C(O)CCNC(=O)NCc1ccccc1O. The number of para-hydroxylation sites is 1. The first-order valence-corrected chi connectivity index (χ1v) is 5.10. The number of carboxylic acid groups (broad SMARTS) is 1. The summed E-state index contributed by atoms with van der Waals surface area (Å²) in [5, 5.41) is 22.7. The van der Waals surface area contributed by atoms with Crippen LogP contribution in [-0.2, 0) is 11.3 Å². The molecule has 92 valence electrons. The summed E-state index contributed by atoms with van der Waals surface area (Å²) in [5.74, 6) is -0.857. The normalized spacial score (nSPS) is 9.65. The van der Waals surface area contributed by atoms with Gasteiger partial charge in [-0.05, 0) is 6.07 Å². The summed E-state index contributed by atoms with van der Waals surface area (Å²) >= 11 is 0. The number of nitrogens with one attached hydrogen (secondary N) is 2. The number of phenols is 1. The summed E-state index contributed by atoms with van der Waals surface area (Å²) in [6, 6.07) is 6.19. The maximum atomic E-state index is 11.2. The molecule has 0 bridgehead atoms. The highest BCUT2D eigenvalue weighted by atomic mass is 16.4. The van der Waals surface area contributed by atoms with Crippen LogP contribution in [-0.4, -0.2) is 28.8 Å². The number of aromatic hydroxyl groups is 1. The Morgan fingerprint density at radius 1 is 1.18 bits per heavy atom. The molecule has 6 nitrogen and oxygen atoms in total. The molecule has 0 aliphatic carbocycles. The lowest BCUT2D eigenvalue weighted by Crippen LogP contribution is -2.36. The van der Waals surface area contributed by atoms with Gasteiger partial charge in [-0.15, -0.1) is 0 Å². The summed E-state index contributed by atoms with van der Waals surface area (Å²) in [4.78, 5) is 21.4. The van der Waals surface area contributed by atoms with Crippen molar-refractivity contribution < 1.29 is 19.8 Å². The van der Waals surface area contributed by atoms with Crippen LogP contribution in [0.15, 0.2) is 24.3 Å². The largest absolute Gasteiger partial charge is 0.508 e. The predicted octanol–water partition coefficient (Wildman–Crippen LogP) is 0.666. The van der Waals surface area contributed by atoms with E-state index in [9.17, 15) is 14.7 Å². The van der Waals surface area contributed by atoms with E-state index in [0.29, 0.717) is 5.56 Å². The number of hydrogen-bond donors (Lipinski definition) is 4. The molecule has 0 fully saturated rings. The molecular formula is C11H14N2O4. The van der Waals surface area contributed by atoms with Gasteiger partial charge in [0.05, 0.1) is 6.42 Å². The molecule has 0 aliphatic rings. The standard InChI is InChI=1S/C11H14N2O4/c14-9-4-2-1-3-8(9)7-13-11(17)12-6-5-10(15)16/h1-4,14H,5-7H2,(H,15,16)(H2,12,13,17). The molecule has 0 atom stereocenters. The number of urea groups is 1. The van der Waals surface area contributed by atoms with E-state index in [1.54, 1.807) is 18.2 Å². The number of hydrogen-bond acceptors (Lipinski definition) is 3. The summed E-state index contributed by atoms with van der Waals surface area (Å²) in [5.41, 5.74) is 0.598. The van der Waals surface area contributed by atoms with E-state index in [1.165, 1.54) is 6.07 Å². The third-order valence-corrected chi connectivity index (χ3v) is 2.06. The van der Waals surface area contributed by atoms with Gasteiger partial charge < -0.3 is 20.8 Å². The fourth-order valence-corrected chi connectivity index (χ4v) is 1.18. The second kappa shape index (κ2) is 6.37. The zero-order valence-electron chi connectivity index (χ0n) is 9.14. The van der Waals surface area contributed by atoms with Gasteiger partial charge in [0, 0.05) is 18.7 Å². The van der Waals surface area contributed by atoms with Crippen molar-refractivity contribution in [3.63, 3.8) is 0 Å². The molecular weight excluding hydrogens is 224 g/mol. The highest BCUT2D eigenvalue weighted by Gasteiger charge is 2.03.